The minimum Gasteiger partial charge on any atom is -0.379 e. The van der Waals surface area contributed by atoms with Crippen LogP contribution in [0.3, 0.4) is 0 Å². The van der Waals surface area contributed by atoms with Crippen molar-refractivity contribution in [2.24, 2.45) is 4.99 Å². The molecule has 2 fully saturated rings. The standard InChI is InChI=1S/C15H25N3O/c1-3-14(13-16-2)15-5-4-6-18(15)8-7-17-9-11-19-12-10-17/h3,13,15H,1-2,4-12H2/b14-13+. The monoisotopic (exact) mass is 263 g/mol. The lowest BCUT2D eigenvalue weighted by molar-refractivity contribution is 0.0334. The molecule has 0 aromatic carbocycles. The van der Waals surface area contributed by atoms with Gasteiger partial charge in [-0.25, -0.2) is 0 Å². The van der Waals surface area contributed by atoms with Crippen LogP contribution in [-0.4, -0.2) is 68.5 Å². The summed E-state index contributed by atoms with van der Waals surface area (Å²) in [7, 11) is 0. The van der Waals surface area contributed by atoms with Gasteiger partial charge in [0.25, 0.3) is 0 Å². The molecule has 0 bridgehead atoms. The van der Waals surface area contributed by atoms with Crippen LogP contribution in [0.4, 0.5) is 0 Å². The highest BCUT2D eigenvalue weighted by molar-refractivity contribution is 5.31. The van der Waals surface area contributed by atoms with E-state index in [4.69, 9.17) is 4.74 Å². The number of likely N-dealkylation sites (tertiary alicyclic amines) is 1. The molecule has 1 atom stereocenters. The molecular formula is C15H25N3O. The molecule has 1 unspecified atom stereocenters. The van der Waals surface area contributed by atoms with Crippen molar-refractivity contribution in [1.82, 2.24) is 9.80 Å². The fourth-order valence-electron chi connectivity index (χ4n) is 2.95. The van der Waals surface area contributed by atoms with Crippen LogP contribution in [0.1, 0.15) is 12.8 Å². The molecule has 2 heterocycles. The summed E-state index contributed by atoms with van der Waals surface area (Å²) < 4.78 is 5.38. The molecule has 0 amide bonds. The minimum absolute atomic E-state index is 0.476. The lowest BCUT2D eigenvalue weighted by atomic mass is 10.1. The molecule has 0 aromatic rings. The lowest BCUT2D eigenvalue weighted by Gasteiger charge is -2.31. The second-order valence-corrected chi connectivity index (χ2v) is 5.16. The maximum atomic E-state index is 5.38. The van der Waals surface area contributed by atoms with Crippen LogP contribution in [0.2, 0.25) is 0 Å². The molecule has 19 heavy (non-hydrogen) atoms. The zero-order valence-corrected chi connectivity index (χ0v) is 11.8. The third kappa shape index (κ3) is 4.00. The summed E-state index contributed by atoms with van der Waals surface area (Å²) >= 11 is 0. The van der Waals surface area contributed by atoms with Crippen molar-refractivity contribution in [2.45, 2.75) is 18.9 Å². The Kier molecular flexibility index (Phi) is 5.76. The molecule has 2 saturated heterocycles. The molecule has 0 aromatic heterocycles. The number of hydrogen-bond acceptors (Lipinski definition) is 4. The highest BCUT2D eigenvalue weighted by Crippen LogP contribution is 2.24. The Bertz CT molecular complexity index is 334. The predicted octanol–water partition coefficient (Wildman–Crippen LogP) is 1.55. The fourth-order valence-corrected chi connectivity index (χ4v) is 2.95. The number of nitrogens with zero attached hydrogens (tertiary/aromatic N) is 3. The zero-order valence-electron chi connectivity index (χ0n) is 11.8. The Morgan fingerprint density at radius 1 is 1.26 bits per heavy atom. The molecule has 4 nitrogen and oxygen atoms in total. The molecule has 0 N–H and O–H groups in total. The van der Waals surface area contributed by atoms with Crippen LogP contribution >= 0.6 is 0 Å². The van der Waals surface area contributed by atoms with Gasteiger partial charge >= 0.3 is 0 Å². The maximum absolute atomic E-state index is 5.38. The molecule has 0 aliphatic carbocycles. The number of hydrogen-bond donors (Lipinski definition) is 0. The van der Waals surface area contributed by atoms with Gasteiger partial charge in [0.15, 0.2) is 0 Å². The van der Waals surface area contributed by atoms with Crippen molar-refractivity contribution in [3.05, 3.63) is 24.4 Å². The fraction of sp³-hybridized carbons (Fsp3) is 0.667. The summed E-state index contributed by atoms with van der Waals surface area (Å²) in [5.41, 5.74) is 1.20. The Hall–Kier alpha value is -0.970. The van der Waals surface area contributed by atoms with Crippen molar-refractivity contribution in [3.63, 3.8) is 0 Å². The van der Waals surface area contributed by atoms with Crippen LogP contribution in [-0.2, 0) is 4.74 Å². The smallest absolute Gasteiger partial charge is 0.0594 e. The van der Waals surface area contributed by atoms with Gasteiger partial charge in [0.2, 0.25) is 0 Å². The molecule has 106 valence electrons. The first-order chi connectivity index (χ1) is 9.35. The quantitative estimate of drug-likeness (QED) is 0.538. The van der Waals surface area contributed by atoms with Crippen molar-refractivity contribution < 1.29 is 4.74 Å². The molecule has 0 saturated carbocycles. The van der Waals surface area contributed by atoms with E-state index in [0.717, 1.165) is 39.4 Å². The van der Waals surface area contributed by atoms with Crippen LogP contribution in [0.5, 0.6) is 0 Å². The van der Waals surface area contributed by atoms with E-state index in [1.807, 2.05) is 12.3 Å². The van der Waals surface area contributed by atoms with E-state index in [1.165, 1.54) is 25.0 Å². The molecule has 2 aliphatic rings. The van der Waals surface area contributed by atoms with E-state index in [9.17, 15) is 0 Å². The first-order valence-corrected chi connectivity index (χ1v) is 7.17. The second kappa shape index (κ2) is 7.58. The summed E-state index contributed by atoms with van der Waals surface area (Å²) in [6.07, 6.45) is 6.24. The van der Waals surface area contributed by atoms with Crippen LogP contribution < -0.4 is 0 Å². The maximum Gasteiger partial charge on any atom is 0.0594 e. The van der Waals surface area contributed by atoms with E-state index in [-0.39, 0.29) is 0 Å². The van der Waals surface area contributed by atoms with Crippen molar-refractivity contribution in [3.8, 4) is 0 Å². The van der Waals surface area contributed by atoms with E-state index in [1.54, 1.807) is 0 Å². The Balaban J connectivity index is 1.85. The largest absolute Gasteiger partial charge is 0.379 e. The summed E-state index contributed by atoms with van der Waals surface area (Å²) in [6.45, 7) is 14.8. The van der Waals surface area contributed by atoms with Gasteiger partial charge in [-0.2, -0.15) is 0 Å². The third-order valence-corrected chi connectivity index (χ3v) is 4.03. The van der Waals surface area contributed by atoms with Crippen molar-refractivity contribution >= 4 is 6.72 Å². The first-order valence-electron chi connectivity index (χ1n) is 7.17. The summed E-state index contributed by atoms with van der Waals surface area (Å²) in [4.78, 5) is 8.94. The number of ether oxygens (including phenoxy) is 1. The Labute approximate surface area is 116 Å². The molecule has 2 aliphatic heterocycles. The van der Waals surface area contributed by atoms with Gasteiger partial charge in [0.1, 0.15) is 0 Å². The number of rotatable bonds is 6. The number of aliphatic imine (C=N–C) groups is 1. The van der Waals surface area contributed by atoms with E-state index in [0.29, 0.717) is 6.04 Å². The minimum atomic E-state index is 0.476. The summed E-state index contributed by atoms with van der Waals surface area (Å²) in [5, 5.41) is 0. The van der Waals surface area contributed by atoms with Crippen LogP contribution in [0.15, 0.2) is 29.4 Å². The Morgan fingerprint density at radius 2 is 2.05 bits per heavy atom. The molecule has 0 radical (unpaired) electrons. The summed E-state index contributed by atoms with van der Waals surface area (Å²) in [6, 6.07) is 0.476. The first kappa shape index (κ1) is 14.4. The highest BCUT2D eigenvalue weighted by atomic mass is 16.5. The van der Waals surface area contributed by atoms with Gasteiger partial charge in [-0.05, 0) is 31.7 Å². The zero-order chi connectivity index (χ0) is 13.5. The average molecular weight is 263 g/mol. The highest BCUT2D eigenvalue weighted by Gasteiger charge is 2.26. The molecule has 4 heteroatoms. The van der Waals surface area contributed by atoms with Gasteiger partial charge in [0, 0.05) is 38.4 Å². The van der Waals surface area contributed by atoms with E-state index >= 15 is 0 Å². The SMILES string of the molecule is C=C/C(=C\N=C)C1CCCN1CCN1CCOCC1. The third-order valence-electron chi connectivity index (χ3n) is 4.03. The predicted molar refractivity (Wildman–Crippen MR) is 79.7 cm³/mol. The molecule has 2 rings (SSSR count). The second-order valence-electron chi connectivity index (χ2n) is 5.16. The van der Waals surface area contributed by atoms with E-state index in [2.05, 4.69) is 28.1 Å². The van der Waals surface area contributed by atoms with E-state index < -0.39 is 0 Å². The van der Waals surface area contributed by atoms with Gasteiger partial charge < -0.3 is 4.74 Å². The summed E-state index contributed by atoms with van der Waals surface area (Å²) in [5.74, 6) is 0. The van der Waals surface area contributed by atoms with Crippen molar-refractivity contribution in [2.75, 3.05) is 45.9 Å². The lowest BCUT2D eigenvalue weighted by Crippen LogP contribution is -2.42. The van der Waals surface area contributed by atoms with Crippen LogP contribution in [0.25, 0.3) is 0 Å². The van der Waals surface area contributed by atoms with Crippen LogP contribution in [0, 0.1) is 0 Å². The van der Waals surface area contributed by atoms with Gasteiger partial charge in [-0.1, -0.05) is 12.7 Å². The molecule has 0 spiro atoms. The Morgan fingerprint density at radius 3 is 2.74 bits per heavy atom. The van der Waals surface area contributed by atoms with Crippen molar-refractivity contribution in [1.29, 1.82) is 0 Å². The normalized spacial score (nSPS) is 26.5. The van der Waals surface area contributed by atoms with Gasteiger partial charge in [0.05, 0.1) is 13.2 Å². The van der Waals surface area contributed by atoms with Gasteiger partial charge in [-0.3, -0.25) is 14.8 Å². The molecular weight excluding hydrogens is 238 g/mol. The number of morpholine rings is 1. The average Bonchev–Trinajstić information content (AvgIpc) is 2.92. The van der Waals surface area contributed by atoms with Gasteiger partial charge in [-0.15, -0.1) is 0 Å². The topological polar surface area (TPSA) is 28.1 Å².